The predicted molar refractivity (Wildman–Crippen MR) is 105 cm³/mol. The molecule has 4 unspecified atom stereocenters. The maximum atomic E-state index is 5.50. The lowest BCUT2D eigenvalue weighted by Gasteiger charge is -2.26. The van der Waals surface area contributed by atoms with Gasteiger partial charge in [0.15, 0.2) is 0 Å². The van der Waals surface area contributed by atoms with Gasteiger partial charge in [-0.15, -0.1) is 0 Å². The summed E-state index contributed by atoms with van der Waals surface area (Å²) in [5.74, 6) is 0. The lowest BCUT2D eigenvalue weighted by molar-refractivity contribution is 0.203. The number of hydrogen-bond donors (Lipinski definition) is 0. The Kier molecular flexibility index (Phi) is 5.43. The van der Waals surface area contributed by atoms with Gasteiger partial charge >= 0.3 is 0 Å². The zero-order valence-electron chi connectivity index (χ0n) is 17.1. The quantitative estimate of drug-likeness (QED) is 0.506. The van der Waals surface area contributed by atoms with E-state index in [-0.39, 0.29) is 0 Å². The minimum Gasteiger partial charge on any atom is -0.372 e. The fourth-order valence-corrected chi connectivity index (χ4v) is 3.96. The first-order valence-electron chi connectivity index (χ1n) is 10.6. The Labute approximate surface area is 167 Å². The Hall–Kier alpha value is -1.02. The minimum atomic E-state index is 0.407. The standard InChI is InChI=1S/C22H32N2O4/c1-15-3-17(5-23(7-19-11-25-19)8-20-12-26-20)18(4-16(15)2)6-24(9-21-13-27-21)10-22-14-28-22/h3-4,19-22H,5-14H2,1-2H3. The monoisotopic (exact) mass is 388 g/mol. The zero-order valence-corrected chi connectivity index (χ0v) is 17.1. The molecular formula is C22H32N2O4. The van der Waals surface area contributed by atoms with Crippen molar-refractivity contribution in [3.63, 3.8) is 0 Å². The summed E-state index contributed by atoms with van der Waals surface area (Å²) in [6.45, 7) is 14.0. The van der Waals surface area contributed by atoms with Crippen LogP contribution in [0.25, 0.3) is 0 Å². The third-order valence-corrected chi connectivity index (χ3v) is 6.06. The van der Waals surface area contributed by atoms with E-state index in [1.807, 2.05) is 0 Å². The van der Waals surface area contributed by atoms with Gasteiger partial charge in [-0.25, -0.2) is 0 Å². The van der Waals surface area contributed by atoms with Crippen LogP contribution in [0.4, 0.5) is 0 Å². The van der Waals surface area contributed by atoms with Crippen LogP contribution in [0.1, 0.15) is 22.3 Å². The fraction of sp³-hybridized carbons (Fsp3) is 0.727. The molecule has 4 atom stereocenters. The third kappa shape index (κ3) is 5.53. The van der Waals surface area contributed by atoms with E-state index < -0.39 is 0 Å². The molecule has 0 radical (unpaired) electrons. The second-order valence-corrected chi connectivity index (χ2v) is 8.91. The smallest absolute Gasteiger partial charge is 0.0936 e. The van der Waals surface area contributed by atoms with Crippen LogP contribution in [0.2, 0.25) is 0 Å². The molecule has 4 aliphatic rings. The van der Waals surface area contributed by atoms with Crippen LogP contribution in [-0.2, 0) is 32.0 Å². The van der Waals surface area contributed by atoms with E-state index in [9.17, 15) is 0 Å². The topological polar surface area (TPSA) is 56.6 Å². The van der Waals surface area contributed by atoms with Crippen LogP contribution in [0.3, 0.4) is 0 Å². The summed E-state index contributed by atoms with van der Waals surface area (Å²) in [5, 5.41) is 0. The van der Waals surface area contributed by atoms with Crippen molar-refractivity contribution in [1.29, 1.82) is 0 Å². The maximum Gasteiger partial charge on any atom is 0.0936 e. The Morgan fingerprint density at radius 1 is 0.643 bits per heavy atom. The number of ether oxygens (including phenoxy) is 4. The molecule has 0 aliphatic carbocycles. The molecule has 4 fully saturated rings. The van der Waals surface area contributed by atoms with Gasteiger partial charge in [-0.05, 0) is 36.1 Å². The van der Waals surface area contributed by atoms with Crippen LogP contribution in [0.15, 0.2) is 12.1 Å². The van der Waals surface area contributed by atoms with Crippen LogP contribution in [-0.4, -0.2) is 86.8 Å². The van der Waals surface area contributed by atoms with Crippen molar-refractivity contribution in [2.45, 2.75) is 51.4 Å². The average Bonchev–Trinajstić information content (AvgIpc) is 3.50. The van der Waals surface area contributed by atoms with Gasteiger partial charge in [-0.1, -0.05) is 12.1 Å². The van der Waals surface area contributed by atoms with Crippen molar-refractivity contribution in [1.82, 2.24) is 9.80 Å². The van der Waals surface area contributed by atoms with Crippen LogP contribution in [0.5, 0.6) is 0 Å². The molecule has 4 saturated heterocycles. The van der Waals surface area contributed by atoms with E-state index in [4.69, 9.17) is 18.9 Å². The molecule has 4 aliphatic heterocycles. The predicted octanol–water partition coefficient (Wildman–Crippen LogP) is 1.50. The van der Waals surface area contributed by atoms with E-state index in [0.717, 1.165) is 65.7 Å². The molecule has 0 saturated carbocycles. The average molecular weight is 389 g/mol. The molecule has 1 aromatic carbocycles. The van der Waals surface area contributed by atoms with Crippen molar-refractivity contribution < 1.29 is 18.9 Å². The molecule has 6 nitrogen and oxygen atoms in total. The molecule has 154 valence electrons. The molecule has 5 rings (SSSR count). The van der Waals surface area contributed by atoms with Crippen molar-refractivity contribution >= 4 is 0 Å². The minimum absolute atomic E-state index is 0.407. The lowest BCUT2D eigenvalue weighted by atomic mass is 9.98. The maximum absolute atomic E-state index is 5.50. The summed E-state index contributed by atoms with van der Waals surface area (Å²) in [4.78, 5) is 5.03. The number of rotatable bonds is 12. The van der Waals surface area contributed by atoms with Gasteiger partial charge in [-0.2, -0.15) is 0 Å². The van der Waals surface area contributed by atoms with E-state index in [0.29, 0.717) is 24.4 Å². The highest BCUT2D eigenvalue weighted by atomic mass is 16.6. The summed E-state index contributed by atoms with van der Waals surface area (Å²) >= 11 is 0. The molecular weight excluding hydrogens is 356 g/mol. The summed E-state index contributed by atoms with van der Waals surface area (Å²) in [5.41, 5.74) is 5.60. The van der Waals surface area contributed by atoms with E-state index in [1.165, 1.54) is 22.3 Å². The summed E-state index contributed by atoms with van der Waals surface area (Å²) in [6, 6.07) is 4.78. The second kappa shape index (κ2) is 8.01. The first kappa shape index (κ1) is 19.0. The molecule has 28 heavy (non-hydrogen) atoms. The number of benzene rings is 1. The lowest BCUT2D eigenvalue weighted by Crippen LogP contribution is -2.34. The van der Waals surface area contributed by atoms with Gasteiger partial charge in [0.1, 0.15) is 0 Å². The highest BCUT2D eigenvalue weighted by Crippen LogP contribution is 2.25. The molecule has 0 spiro atoms. The first-order valence-corrected chi connectivity index (χ1v) is 10.6. The fourth-order valence-electron chi connectivity index (χ4n) is 3.96. The largest absolute Gasteiger partial charge is 0.372 e. The van der Waals surface area contributed by atoms with Gasteiger partial charge in [0, 0.05) is 39.3 Å². The Balaban J connectivity index is 1.32. The Morgan fingerprint density at radius 3 is 1.18 bits per heavy atom. The van der Waals surface area contributed by atoms with Gasteiger partial charge in [0.05, 0.1) is 50.8 Å². The molecule has 4 heterocycles. The van der Waals surface area contributed by atoms with Crippen molar-refractivity contribution in [2.75, 3.05) is 52.6 Å². The molecule has 0 N–H and O–H groups in total. The Bertz CT molecular complexity index is 609. The normalized spacial score (nSPS) is 30.1. The van der Waals surface area contributed by atoms with Gasteiger partial charge in [0.2, 0.25) is 0 Å². The molecule has 0 amide bonds. The first-order chi connectivity index (χ1) is 13.6. The van der Waals surface area contributed by atoms with Crippen LogP contribution < -0.4 is 0 Å². The molecule has 0 bridgehead atoms. The number of hydrogen-bond acceptors (Lipinski definition) is 6. The second-order valence-electron chi connectivity index (χ2n) is 8.91. The highest BCUT2D eigenvalue weighted by molar-refractivity contribution is 5.37. The van der Waals surface area contributed by atoms with Gasteiger partial charge in [0.25, 0.3) is 0 Å². The SMILES string of the molecule is Cc1cc(CN(CC2CO2)CC2CO2)c(CN(CC2CO2)CC2CO2)cc1C. The van der Waals surface area contributed by atoms with E-state index >= 15 is 0 Å². The number of epoxide rings is 4. The molecule has 1 aromatic rings. The van der Waals surface area contributed by atoms with Crippen molar-refractivity contribution in [3.05, 3.63) is 34.4 Å². The van der Waals surface area contributed by atoms with Crippen molar-refractivity contribution in [2.24, 2.45) is 0 Å². The third-order valence-electron chi connectivity index (χ3n) is 6.06. The Morgan fingerprint density at radius 2 is 0.929 bits per heavy atom. The number of aryl methyl sites for hydroxylation is 2. The summed E-state index contributed by atoms with van der Waals surface area (Å²) in [6.07, 6.45) is 1.63. The van der Waals surface area contributed by atoms with E-state index in [1.54, 1.807) is 0 Å². The summed E-state index contributed by atoms with van der Waals surface area (Å²) in [7, 11) is 0. The molecule has 0 aromatic heterocycles. The molecule has 6 heteroatoms. The van der Waals surface area contributed by atoms with Gasteiger partial charge < -0.3 is 18.9 Å². The summed E-state index contributed by atoms with van der Waals surface area (Å²) < 4.78 is 22.0. The zero-order chi connectivity index (χ0) is 19.1. The number of nitrogens with zero attached hydrogens (tertiary/aromatic N) is 2. The van der Waals surface area contributed by atoms with E-state index in [2.05, 4.69) is 35.8 Å². The van der Waals surface area contributed by atoms with Gasteiger partial charge in [-0.3, -0.25) is 9.80 Å². The highest BCUT2D eigenvalue weighted by Gasteiger charge is 2.33. The van der Waals surface area contributed by atoms with Crippen molar-refractivity contribution in [3.8, 4) is 0 Å². The van der Waals surface area contributed by atoms with Crippen LogP contribution >= 0.6 is 0 Å². The van der Waals surface area contributed by atoms with Crippen LogP contribution in [0, 0.1) is 13.8 Å².